The molecule has 33 heavy (non-hydrogen) atoms. The van der Waals surface area contributed by atoms with E-state index in [1.807, 2.05) is 38.1 Å². The summed E-state index contributed by atoms with van der Waals surface area (Å²) in [6, 6.07) is 14.2. The zero-order chi connectivity index (χ0) is 24.3. The Morgan fingerprint density at radius 3 is 1.33 bits per heavy atom. The molecule has 0 heterocycles. The van der Waals surface area contributed by atoms with Gasteiger partial charge in [0.15, 0.2) is 0 Å². The van der Waals surface area contributed by atoms with Crippen LogP contribution in [0.5, 0.6) is 0 Å². The normalized spacial score (nSPS) is 11.5. The van der Waals surface area contributed by atoms with Crippen LogP contribution in [0.2, 0.25) is 0 Å². The molecule has 6 heteroatoms. The molecule has 0 amide bonds. The second kappa shape index (κ2) is 13.1. The fourth-order valence-electron chi connectivity index (χ4n) is 3.17. The van der Waals surface area contributed by atoms with Crippen molar-refractivity contribution < 1.29 is 29.1 Å². The van der Waals surface area contributed by atoms with Crippen LogP contribution in [0.1, 0.15) is 85.2 Å². The van der Waals surface area contributed by atoms with Crippen molar-refractivity contribution in [2.75, 3.05) is 0 Å². The Hall–Kier alpha value is -2.70. The van der Waals surface area contributed by atoms with Crippen LogP contribution in [0.4, 0.5) is 0 Å². The fraction of sp³-hybridized carbons (Fsp3) is 0.407. The molecule has 0 aliphatic heterocycles. The van der Waals surface area contributed by atoms with E-state index < -0.39 is 17.4 Å². The quantitative estimate of drug-likeness (QED) is 0.251. The van der Waals surface area contributed by atoms with Crippen LogP contribution in [0.3, 0.4) is 0 Å². The van der Waals surface area contributed by atoms with E-state index in [4.69, 9.17) is 19.6 Å². The third-order valence-corrected chi connectivity index (χ3v) is 5.63. The molecule has 2 aromatic rings. The van der Waals surface area contributed by atoms with Crippen molar-refractivity contribution in [3.63, 3.8) is 0 Å². The van der Waals surface area contributed by atoms with Crippen LogP contribution in [-0.2, 0) is 32.4 Å². The molecule has 0 saturated carbocycles. The lowest BCUT2D eigenvalue weighted by atomic mass is 9.84. The van der Waals surface area contributed by atoms with E-state index in [1.165, 1.54) is 0 Å². The van der Waals surface area contributed by atoms with Crippen molar-refractivity contribution in [2.24, 2.45) is 5.41 Å². The summed E-state index contributed by atoms with van der Waals surface area (Å²) in [4.78, 5) is 45.3. The first-order chi connectivity index (χ1) is 15.9. The molecule has 0 aliphatic rings. The van der Waals surface area contributed by atoms with Gasteiger partial charge in [-0.25, -0.2) is 9.59 Å². The summed E-state index contributed by atoms with van der Waals surface area (Å²) in [5, 5.41) is 0. The molecule has 2 radical (unpaired) electrons. The summed E-state index contributed by atoms with van der Waals surface area (Å²) in [5.41, 5.74) is 2.06. The van der Waals surface area contributed by atoms with Gasteiger partial charge in [-0.15, -0.1) is 9.78 Å². The monoisotopic (exact) mass is 454 g/mol. The van der Waals surface area contributed by atoms with Gasteiger partial charge in [-0.1, -0.05) is 64.8 Å². The maximum atomic E-state index is 12.4. The van der Waals surface area contributed by atoms with Gasteiger partial charge >= 0.3 is 18.2 Å². The lowest BCUT2D eigenvalue weighted by Gasteiger charge is -2.30. The van der Waals surface area contributed by atoms with E-state index in [0.29, 0.717) is 24.0 Å². The third kappa shape index (κ3) is 7.69. The van der Waals surface area contributed by atoms with Crippen molar-refractivity contribution in [2.45, 2.75) is 66.2 Å². The largest absolute Gasteiger partial charge is 0.373 e. The number of benzene rings is 2. The van der Waals surface area contributed by atoms with Crippen LogP contribution in [0, 0.1) is 18.6 Å². The number of carbonyl (C=O) groups is 2. The van der Waals surface area contributed by atoms with Crippen LogP contribution in [-0.4, -0.2) is 11.9 Å². The summed E-state index contributed by atoms with van der Waals surface area (Å²) in [7, 11) is 0. The van der Waals surface area contributed by atoms with Gasteiger partial charge in [-0.2, -0.15) is 0 Å². The predicted molar refractivity (Wildman–Crippen MR) is 125 cm³/mol. The van der Waals surface area contributed by atoms with E-state index in [2.05, 4.69) is 20.8 Å². The summed E-state index contributed by atoms with van der Waals surface area (Å²) < 4.78 is 0. The molecule has 0 fully saturated rings. The van der Waals surface area contributed by atoms with Crippen molar-refractivity contribution in [3.8, 4) is 0 Å². The predicted octanol–water partition coefficient (Wildman–Crippen LogP) is 6.60. The van der Waals surface area contributed by atoms with Gasteiger partial charge in [0.25, 0.3) is 0 Å². The summed E-state index contributed by atoms with van der Waals surface area (Å²) in [5.74, 6) is -1.38. The zero-order valence-electron chi connectivity index (χ0n) is 20.0. The molecule has 2 rings (SSSR count). The molecule has 0 saturated heterocycles. The lowest BCUT2D eigenvalue weighted by molar-refractivity contribution is -0.381. The molecule has 0 unspecified atom stereocenters. The number of hydrogen-bond donors (Lipinski definition) is 0. The Bertz CT molecular complexity index is 803. The van der Waals surface area contributed by atoms with Crippen LogP contribution in [0.15, 0.2) is 48.5 Å². The molecule has 6 nitrogen and oxygen atoms in total. The Kier molecular flexibility index (Phi) is 10.6. The highest BCUT2D eigenvalue weighted by Gasteiger charge is 2.40. The van der Waals surface area contributed by atoms with Gasteiger partial charge in [0.2, 0.25) is 0 Å². The molecule has 178 valence electrons. The Labute approximate surface area is 197 Å². The van der Waals surface area contributed by atoms with Crippen molar-refractivity contribution in [1.82, 2.24) is 0 Å². The summed E-state index contributed by atoms with van der Waals surface area (Å²) >= 11 is 0. The van der Waals surface area contributed by atoms with Crippen molar-refractivity contribution >= 4 is 11.9 Å². The van der Waals surface area contributed by atoms with Gasteiger partial charge in [-0.05, 0) is 68.0 Å². The number of rotatable bonds is 13. The molecule has 0 atom stereocenters. The van der Waals surface area contributed by atoms with E-state index >= 15 is 0 Å². The minimum absolute atomic E-state index is 0.195. The van der Waals surface area contributed by atoms with E-state index in [0.717, 1.165) is 36.8 Å². The van der Waals surface area contributed by atoms with Crippen LogP contribution < -0.4 is 0 Å². The van der Waals surface area contributed by atoms with Gasteiger partial charge in [-0.3, -0.25) is 9.78 Å². The zero-order valence-corrected chi connectivity index (χ0v) is 20.0. The first-order valence-electron chi connectivity index (χ1n) is 11.5. The van der Waals surface area contributed by atoms with Gasteiger partial charge in [0.05, 0.1) is 11.1 Å². The Morgan fingerprint density at radius 1 is 0.667 bits per heavy atom. The maximum Gasteiger partial charge on any atom is 0.373 e. The molecular formula is C27H34O6. The average molecular weight is 455 g/mol. The SMILES string of the molecule is [CH2]C(CC)(CC)[C](OOC(=O)c1ccc(CCC)cc1)OOC(=O)c1ccc(CCC)cc1. The van der Waals surface area contributed by atoms with Crippen LogP contribution in [0.25, 0.3) is 0 Å². The fourth-order valence-corrected chi connectivity index (χ4v) is 3.17. The molecule has 0 bridgehead atoms. The van der Waals surface area contributed by atoms with Gasteiger partial charge < -0.3 is 0 Å². The highest BCUT2D eigenvalue weighted by molar-refractivity contribution is 5.89. The molecule has 0 aliphatic carbocycles. The molecule has 0 spiro atoms. The maximum absolute atomic E-state index is 12.4. The molecule has 2 aromatic carbocycles. The van der Waals surface area contributed by atoms with Gasteiger partial charge in [0, 0.05) is 5.41 Å². The van der Waals surface area contributed by atoms with E-state index in [-0.39, 0.29) is 6.29 Å². The van der Waals surface area contributed by atoms with E-state index in [9.17, 15) is 9.59 Å². The highest BCUT2D eigenvalue weighted by atomic mass is 17.3. The third-order valence-electron chi connectivity index (χ3n) is 5.63. The second-order valence-electron chi connectivity index (χ2n) is 8.08. The first-order valence-corrected chi connectivity index (χ1v) is 11.5. The number of carbonyl (C=O) groups excluding carboxylic acids is 2. The highest BCUT2D eigenvalue weighted by Crippen LogP contribution is 2.38. The molecular weight excluding hydrogens is 420 g/mol. The van der Waals surface area contributed by atoms with E-state index in [1.54, 1.807) is 24.3 Å². The minimum atomic E-state index is -0.878. The van der Waals surface area contributed by atoms with Gasteiger partial charge in [0.1, 0.15) is 0 Å². The molecule has 0 N–H and O–H groups in total. The minimum Gasteiger partial charge on any atom is -0.289 e. The molecule has 0 aromatic heterocycles. The Balaban J connectivity index is 2.02. The Morgan fingerprint density at radius 2 is 1.03 bits per heavy atom. The average Bonchev–Trinajstić information content (AvgIpc) is 2.84. The number of aryl methyl sites for hydroxylation is 2. The lowest BCUT2D eigenvalue weighted by Crippen LogP contribution is -2.31. The topological polar surface area (TPSA) is 71.1 Å². The summed E-state index contributed by atoms with van der Waals surface area (Å²) in [6.45, 7) is 12.0. The number of hydrogen-bond acceptors (Lipinski definition) is 6. The summed E-state index contributed by atoms with van der Waals surface area (Å²) in [6.07, 6.45) is 4.71. The standard InChI is InChI=1S/C27H34O6/c1-6-10-20-12-16-22(17-13-20)24(28)30-32-26(27(5,8-3)9-4)33-31-25(29)23-18-14-21(11-7-2)15-19-23/h12-19H,5-11H2,1-4H3. The first kappa shape index (κ1) is 26.6. The second-order valence-corrected chi connectivity index (χ2v) is 8.08. The van der Waals surface area contributed by atoms with Crippen LogP contribution >= 0.6 is 0 Å². The van der Waals surface area contributed by atoms with Crippen molar-refractivity contribution in [3.05, 3.63) is 84.0 Å². The smallest absolute Gasteiger partial charge is 0.289 e. The van der Waals surface area contributed by atoms with Crippen molar-refractivity contribution in [1.29, 1.82) is 0 Å².